The number of nitrogens with zero attached hydrogens (tertiary/aromatic N) is 3. The van der Waals surface area contributed by atoms with Crippen molar-refractivity contribution in [3.63, 3.8) is 0 Å². The molecule has 0 atom stereocenters. The van der Waals surface area contributed by atoms with Gasteiger partial charge in [-0.15, -0.1) is 0 Å². The first-order valence-corrected chi connectivity index (χ1v) is 10.5. The Kier molecular flexibility index (Phi) is 5.52. The van der Waals surface area contributed by atoms with E-state index in [4.69, 9.17) is 4.74 Å². The molecule has 2 aromatic carbocycles. The van der Waals surface area contributed by atoms with Crippen molar-refractivity contribution in [2.75, 3.05) is 17.5 Å². The maximum Gasteiger partial charge on any atom is 0.328 e. The molecule has 0 saturated heterocycles. The molecular formula is C20H23N3O5S. The van der Waals surface area contributed by atoms with E-state index in [0.29, 0.717) is 22.3 Å². The third-order valence-corrected chi connectivity index (χ3v) is 6.55. The number of para-hydroxylation sites is 1. The lowest BCUT2D eigenvalue weighted by atomic mass is 10.2. The van der Waals surface area contributed by atoms with Crippen LogP contribution in [0.2, 0.25) is 0 Å². The number of esters is 1. The van der Waals surface area contributed by atoms with Gasteiger partial charge >= 0.3 is 11.7 Å². The summed E-state index contributed by atoms with van der Waals surface area (Å²) in [7, 11) is -0.888. The molecule has 0 aliphatic heterocycles. The van der Waals surface area contributed by atoms with E-state index >= 15 is 0 Å². The number of carbonyl (C=O) groups is 1. The van der Waals surface area contributed by atoms with E-state index in [1.807, 2.05) is 0 Å². The highest BCUT2D eigenvalue weighted by molar-refractivity contribution is 7.92. The van der Waals surface area contributed by atoms with Crippen LogP contribution in [0, 0.1) is 6.92 Å². The molecule has 0 N–H and O–H groups in total. The second kappa shape index (κ2) is 7.75. The average molecular weight is 417 g/mol. The summed E-state index contributed by atoms with van der Waals surface area (Å²) in [6, 6.07) is 11.4. The van der Waals surface area contributed by atoms with Gasteiger partial charge in [0.15, 0.2) is 0 Å². The predicted octanol–water partition coefficient (Wildman–Crippen LogP) is 1.94. The number of fused-ring (bicyclic) bond motifs is 1. The van der Waals surface area contributed by atoms with E-state index in [-0.39, 0.29) is 17.2 Å². The molecule has 29 heavy (non-hydrogen) atoms. The zero-order valence-electron chi connectivity index (χ0n) is 16.7. The molecule has 0 amide bonds. The number of benzene rings is 2. The van der Waals surface area contributed by atoms with Crippen molar-refractivity contribution < 1.29 is 17.9 Å². The fraction of sp³-hybridized carbons (Fsp3) is 0.300. The van der Waals surface area contributed by atoms with Crippen molar-refractivity contribution in [1.82, 2.24) is 9.13 Å². The van der Waals surface area contributed by atoms with Gasteiger partial charge in [-0.25, -0.2) is 13.2 Å². The van der Waals surface area contributed by atoms with Gasteiger partial charge in [-0.1, -0.05) is 18.2 Å². The van der Waals surface area contributed by atoms with Gasteiger partial charge in [0.2, 0.25) is 0 Å². The molecule has 3 rings (SSSR count). The molecule has 9 heteroatoms. The number of aryl methyl sites for hydroxylation is 3. The highest BCUT2D eigenvalue weighted by Gasteiger charge is 2.29. The molecule has 0 aliphatic rings. The normalized spacial score (nSPS) is 11.6. The summed E-state index contributed by atoms with van der Waals surface area (Å²) >= 11 is 0. The topological polar surface area (TPSA) is 90.6 Å². The molecule has 0 bridgehead atoms. The van der Waals surface area contributed by atoms with E-state index in [1.165, 1.54) is 21.3 Å². The van der Waals surface area contributed by atoms with Crippen molar-refractivity contribution in [3.8, 4) is 0 Å². The zero-order chi connectivity index (χ0) is 21.3. The molecule has 8 nitrogen and oxygen atoms in total. The van der Waals surface area contributed by atoms with Gasteiger partial charge in [0.25, 0.3) is 10.0 Å². The number of carbonyl (C=O) groups excluding carboxylic acids is 1. The molecular weight excluding hydrogens is 394 g/mol. The average Bonchev–Trinajstić information content (AvgIpc) is 2.91. The first-order valence-electron chi connectivity index (χ1n) is 9.08. The number of hydrogen-bond donors (Lipinski definition) is 0. The molecule has 0 spiro atoms. The standard InChI is InChI=1S/C20H23N3O5S/c1-5-28-19(24)13-23(16-9-7-6-8-14(16)2)29(26,27)15-10-11-17-18(12-15)22(4)20(25)21(17)3/h6-12H,5,13H2,1-4H3. The van der Waals surface area contributed by atoms with Gasteiger partial charge in [-0.05, 0) is 43.7 Å². The highest BCUT2D eigenvalue weighted by atomic mass is 32.2. The third-order valence-electron chi connectivity index (χ3n) is 4.79. The van der Waals surface area contributed by atoms with Gasteiger partial charge in [0.05, 0.1) is 28.2 Å². The Morgan fingerprint density at radius 3 is 2.38 bits per heavy atom. The lowest BCUT2D eigenvalue weighted by molar-refractivity contribution is -0.141. The van der Waals surface area contributed by atoms with Gasteiger partial charge in [0.1, 0.15) is 6.54 Å². The summed E-state index contributed by atoms with van der Waals surface area (Å²) in [5.41, 5.74) is 1.94. The number of aromatic nitrogens is 2. The Balaban J connectivity index is 2.17. The minimum atomic E-state index is -4.09. The Labute approximate surface area is 169 Å². The van der Waals surface area contributed by atoms with Crippen LogP contribution in [0.5, 0.6) is 0 Å². The number of rotatable bonds is 6. The SMILES string of the molecule is CCOC(=O)CN(c1ccccc1C)S(=O)(=O)c1ccc2c(c1)n(C)c(=O)n2C. The summed E-state index contributed by atoms with van der Waals surface area (Å²) in [6.07, 6.45) is 0. The number of sulfonamides is 1. The van der Waals surface area contributed by atoms with Gasteiger partial charge in [-0.3, -0.25) is 18.2 Å². The summed E-state index contributed by atoms with van der Waals surface area (Å²) in [5, 5.41) is 0. The van der Waals surface area contributed by atoms with Crippen LogP contribution in [-0.2, 0) is 33.7 Å². The minimum Gasteiger partial charge on any atom is -0.465 e. The summed E-state index contributed by atoms with van der Waals surface area (Å²) in [6.45, 7) is 3.13. The molecule has 0 saturated carbocycles. The fourth-order valence-corrected chi connectivity index (χ4v) is 4.74. The van der Waals surface area contributed by atoms with Crippen LogP contribution in [0.1, 0.15) is 12.5 Å². The predicted molar refractivity (Wildman–Crippen MR) is 111 cm³/mol. The molecule has 0 fully saturated rings. The van der Waals surface area contributed by atoms with Crippen molar-refractivity contribution >= 4 is 32.7 Å². The molecule has 154 valence electrons. The fourth-order valence-electron chi connectivity index (χ4n) is 3.24. The second-order valence-electron chi connectivity index (χ2n) is 6.65. The van der Waals surface area contributed by atoms with Crippen LogP contribution in [0.4, 0.5) is 5.69 Å². The zero-order valence-corrected chi connectivity index (χ0v) is 17.6. The smallest absolute Gasteiger partial charge is 0.328 e. The highest BCUT2D eigenvalue weighted by Crippen LogP contribution is 2.28. The molecule has 0 radical (unpaired) electrons. The molecule has 1 aromatic heterocycles. The lowest BCUT2D eigenvalue weighted by Gasteiger charge is -2.25. The van der Waals surface area contributed by atoms with E-state index < -0.39 is 22.5 Å². The summed E-state index contributed by atoms with van der Waals surface area (Å²) < 4.78 is 35.8. The number of ether oxygens (including phenoxy) is 1. The summed E-state index contributed by atoms with van der Waals surface area (Å²) in [4.78, 5) is 24.3. The van der Waals surface area contributed by atoms with Gasteiger partial charge in [-0.2, -0.15) is 0 Å². The van der Waals surface area contributed by atoms with Crippen LogP contribution in [0.15, 0.2) is 52.2 Å². The van der Waals surface area contributed by atoms with Crippen LogP contribution in [0.3, 0.4) is 0 Å². The van der Waals surface area contributed by atoms with E-state index in [0.717, 1.165) is 4.31 Å². The van der Waals surface area contributed by atoms with Crippen molar-refractivity contribution in [2.45, 2.75) is 18.7 Å². The number of imidazole rings is 1. The van der Waals surface area contributed by atoms with Gasteiger partial charge in [0, 0.05) is 14.1 Å². The third kappa shape index (κ3) is 3.65. The first-order chi connectivity index (χ1) is 13.7. The monoisotopic (exact) mass is 417 g/mol. The first kappa shape index (κ1) is 20.7. The number of anilines is 1. The van der Waals surface area contributed by atoms with Gasteiger partial charge < -0.3 is 4.74 Å². The maximum atomic E-state index is 13.5. The minimum absolute atomic E-state index is 0.0150. The second-order valence-corrected chi connectivity index (χ2v) is 8.52. The summed E-state index contributed by atoms with van der Waals surface area (Å²) in [5.74, 6) is -0.646. The molecule has 0 aliphatic carbocycles. The lowest BCUT2D eigenvalue weighted by Crippen LogP contribution is -2.37. The van der Waals surface area contributed by atoms with E-state index in [2.05, 4.69) is 0 Å². The maximum absolute atomic E-state index is 13.5. The van der Waals surface area contributed by atoms with Crippen molar-refractivity contribution in [1.29, 1.82) is 0 Å². The van der Waals surface area contributed by atoms with Crippen LogP contribution >= 0.6 is 0 Å². The van der Waals surface area contributed by atoms with Crippen molar-refractivity contribution in [2.24, 2.45) is 14.1 Å². The van der Waals surface area contributed by atoms with Crippen molar-refractivity contribution in [3.05, 3.63) is 58.5 Å². The Morgan fingerprint density at radius 2 is 1.72 bits per heavy atom. The number of hydrogen-bond acceptors (Lipinski definition) is 5. The Bertz CT molecular complexity index is 1240. The van der Waals surface area contributed by atoms with E-state index in [9.17, 15) is 18.0 Å². The van der Waals surface area contributed by atoms with Crippen LogP contribution < -0.4 is 9.99 Å². The van der Waals surface area contributed by atoms with E-state index in [1.54, 1.807) is 58.3 Å². The van der Waals surface area contributed by atoms with Crippen LogP contribution in [-0.4, -0.2) is 36.7 Å². The quantitative estimate of drug-likeness (QED) is 0.572. The molecule has 3 aromatic rings. The van der Waals surface area contributed by atoms with Crippen LogP contribution in [0.25, 0.3) is 11.0 Å². The molecule has 1 heterocycles. The Hall–Kier alpha value is -3.07. The largest absolute Gasteiger partial charge is 0.465 e. The molecule has 0 unspecified atom stereocenters. The Morgan fingerprint density at radius 1 is 1.07 bits per heavy atom.